The Kier molecular flexibility index (Phi) is 2.40. The van der Waals surface area contributed by atoms with Crippen LogP contribution in [0.25, 0.3) is 5.82 Å². The molecule has 1 saturated carbocycles. The van der Waals surface area contributed by atoms with E-state index in [1.807, 2.05) is 19.2 Å². The molecule has 0 saturated heterocycles. The van der Waals surface area contributed by atoms with E-state index in [4.69, 9.17) is 5.11 Å². The van der Waals surface area contributed by atoms with Gasteiger partial charge in [-0.15, -0.1) is 0 Å². The van der Waals surface area contributed by atoms with E-state index in [1.165, 1.54) is 19.0 Å². The highest BCUT2D eigenvalue weighted by Gasteiger charge is 2.26. The van der Waals surface area contributed by atoms with Crippen molar-refractivity contribution in [2.24, 2.45) is 0 Å². The third-order valence-electron chi connectivity index (χ3n) is 3.12. The highest BCUT2D eigenvalue weighted by molar-refractivity contribution is 5.87. The van der Waals surface area contributed by atoms with Gasteiger partial charge < -0.3 is 5.11 Å². The normalized spacial score (nSPS) is 14.7. The van der Waals surface area contributed by atoms with Gasteiger partial charge in [-0.05, 0) is 37.5 Å². The van der Waals surface area contributed by atoms with Gasteiger partial charge in [-0.1, -0.05) is 0 Å². The zero-order chi connectivity index (χ0) is 12.7. The first-order valence-corrected chi connectivity index (χ1v) is 5.91. The molecule has 1 aliphatic carbocycles. The lowest BCUT2D eigenvalue weighted by molar-refractivity contribution is 0.0696. The summed E-state index contributed by atoms with van der Waals surface area (Å²) in [6.07, 6.45) is 5.66. The number of carboxylic acids is 1. The lowest BCUT2D eigenvalue weighted by Gasteiger charge is -2.05. The zero-order valence-electron chi connectivity index (χ0n) is 10.00. The van der Waals surface area contributed by atoms with E-state index in [1.54, 1.807) is 10.7 Å². The van der Waals surface area contributed by atoms with Gasteiger partial charge in [0.1, 0.15) is 0 Å². The van der Waals surface area contributed by atoms with Crippen LogP contribution >= 0.6 is 0 Å². The molecule has 1 N–H and O–H groups in total. The van der Waals surface area contributed by atoms with E-state index in [0.29, 0.717) is 11.7 Å². The molecule has 18 heavy (non-hydrogen) atoms. The summed E-state index contributed by atoms with van der Waals surface area (Å²) in [5.74, 6) is 0.327. The van der Waals surface area contributed by atoms with Gasteiger partial charge >= 0.3 is 5.97 Å². The van der Waals surface area contributed by atoms with Crippen LogP contribution in [0.4, 0.5) is 0 Å². The van der Waals surface area contributed by atoms with Crippen molar-refractivity contribution in [3.63, 3.8) is 0 Å². The zero-order valence-corrected chi connectivity index (χ0v) is 10.00. The number of rotatable bonds is 3. The minimum atomic E-state index is -0.962. The molecule has 2 aromatic heterocycles. The largest absolute Gasteiger partial charge is 0.478 e. The molecule has 92 valence electrons. The second kappa shape index (κ2) is 3.94. The molecule has 2 aromatic rings. The minimum absolute atomic E-state index is 0.200. The van der Waals surface area contributed by atoms with Gasteiger partial charge in [-0.2, -0.15) is 5.10 Å². The molecular formula is C13H13N3O2. The van der Waals surface area contributed by atoms with Crippen LogP contribution in [-0.4, -0.2) is 25.8 Å². The molecule has 2 heterocycles. The van der Waals surface area contributed by atoms with Gasteiger partial charge in [-0.3, -0.25) is 0 Å². The fourth-order valence-electron chi connectivity index (χ4n) is 1.98. The summed E-state index contributed by atoms with van der Waals surface area (Å²) in [6.45, 7) is 1.84. The molecule has 5 heteroatoms. The summed E-state index contributed by atoms with van der Waals surface area (Å²) in [4.78, 5) is 15.0. The monoisotopic (exact) mass is 243 g/mol. The summed E-state index contributed by atoms with van der Waals surface area (Å²) in [5, 5.41) is 13.4. The predicted molar refractivity (Wildman–Crippen MR) is 65.0 cm³/mol. The molecule has 0 radical (unpaired) electrons. The number of carbonyl (C=O) groups is 1. The highest BCUT2D eigenvalue weighted by Crippen LogP contribution is 2.39. The number of carboxylic acid groups (broad SMARTS) is 1. The Bertz CT molecular complexity index is 614. The average molecular weight is 243 g/mol. The Labute approximate surface area is 104 Å². The number of aryl methyl sites for hydroxylation is 1. The number of aromatic nitrogens is 3. The fraction of sp³-hybridized carbons (Fsp3) is 0.308. The molecule has 0 unspecified atom stereocenters. The van der Waals surface area contributed by atoms with E-state index in [9.17, 15) is 4.79 Å². The van der Waals surface area contributed by atoms with Crippen molar-refractivity contribution in [2.45, 2.75) is 25.7 Å². The minimum Gasteiger partial charge on any atom is -0.478 e. The van der Waals surface area contributed by atoms with Crippen LogP contribution in [0.3, 0.4) is 0 Å². The number of aromatic carboxylic acids is 1. The van der Waals surface area contributed by atoms with E-state index < -0.39 is 5.97 Å². The van der Waals surface area contributed by atoms with Gasteiger partial charge in [0, 0.05) is 18.3 Å². The predicted octanol–water partition coefficient (Wildman–Crippen LogP) is 2.15. The van der Waals surface area contributed by atoms with Crippen LogP contribution < -0.4 is 0 Å². The maximum Gasteiger partial charge on any atom is 0.337 e. The van der Waals surface area contributed by atoms with E-state index in [0.717, 1.165) is 11.3 Å². The van der Waals surface area contributed by atoms with E-state index in [2.05, 4.69) is 10.1 Å². The van der Waals surface area contributed by atoms with Crippen molar-refractivity contribution in [1.82, 2.24) is 14.8 Å². The average Bonchev–Trinajstić information content (AvgIpc) is 3.08. The van der Waals surface area contributed by atoms with Gasteiger partial charge in [-0.25, -0.2) is 14.5 Å². The first-order chi connectivity index (χ1) is 8.65. The van der Waals surface area contributed by atoms with Crippen molar-refractivity contribution in [3.8, 4) is 5.82 Å². The fourth-order valence-corrected chi connectivity index (χ4v) is 1.98. The van der Waals surface area contributed by atoms with Crippen LogP contribution in [0.2, 0.25) is 0 Å². The molecular weight excluding hydrogens is 230 g/mol. The number of hydrogen-bond donors (Lipinski definition) is 1. The van der Waals surface area contributed by atoms with Crippen molar-refractivity contribution < 1.29 is 9.90 Å². The van der Waals surface area contributed by atoms with Crippen LogP contribution in [-0.2, 0) is 0 Å². The topological polar surface area (TPSA) is 68.0 Å². The molecule has 0 atom stereocenters. The summed E-state index contributed by atoms with van der Waals surface area (Å²) in [5.41, 5.74) is 2.10. The SMILES string of the molecule is Cc1cc(C(=O)O)cnc1-n1ccc(C2CC2)n1. The van der Waals surface area contributed by atoms with E-state index >= 15 is 0 Å². The number of nitrogens with zero attached hydrogens (tertiary/aromatic N) is 3. The Hall–Kier alpha value is -2.17. The van der Waals surface area contributed by atoms with Gasteiger partial charge in [0.15, 0.2) is 5.82 Å². The summed E-state index contributed by atoms with van der Waals surface area (Å²) in [7, 11) is 0. The van der Waals surface area contributed by atoms with Crippen molar-refractivity contribution in [1.29, 1.82) is 0 Å². The van der Waals surface area contributed by atoms with Gasteiger partial charge in [0.25, 0.3) is 0 Å². The van der Waals surface area contributed by atoms with Crippen LogP contribution in [0.5, 0.6) is 0 Å². The quantitative estimate of drug-likeness (QED) is 0.896. The maximum absolute atomic E-state index is 10.8. The van der Waals surface area contributed by atoms with Crippen molar-refractivity contribution in [2.75, 3.05) is 0 Å². The Morgan fingerprint density at radius 1 is 1.50 bits per heavy atom. The van der Waals surface area contributed by atoms with Crippen LogP contribution in [0, 0.1) is 6.92 Å². The Balaban J connectivity index is 1.97. The first kappa shape index (κ1) is 11.0. The van der Waals surface area contributed by atoms with Gasteiger partial charge in [0.05, 0.1) is 11.3 Å². The molecule has 0 bridgehead atoms. The third-order valence-corrected chi connectivity index (χ3v) is 3.12. The molecule has 3 rings (SSSR count). The summed E-state index contributed by atoms with van der Waals surface area (Å²) < 4.78 is 1.72. The third kappa shape index (κ3) is 1.88. The van der Waals surface area contributed by atoms with E-state index in [-0.39, 0.29) is 5.56 Å². The van der Waals surface area contributed by atoms with Crippen molar-refractivity contribution in [3.05, 3.63) is 41.3 Å². The highest BCUT2D eigenvalue weighted by atomic mass is 16.4. The van der Waals surface area contributed by atoms with Crippen molar-refractivity contribution >= 4 is 5.97 Å². The number of pyridine rings is 1. The standard InChI is InChI=1S/C13H13N3O2/c1-8-6-10(13(17)18)7-14-12(8)16-5-4-11(15-16)9-2-3-9/h4-7,9H,2-3H2,1H3,(H,17,18). The Morgan fingerprint density at radius 2 is 2.28 bits per heavy atom. The second-order valence-corrected chi connectivity index (χ2v) is 4.63. The lowest BCUT2D eigenvalue weighted by atomic mass is 10.2. The van der Waals surface area contributed by atoms with Crippen LogP contribution in [0.15, 0.2) is 24.5 Å². The summed E-state index contributed by atoms with van der Waals surface area (Å²) in [6, 6.07) is 3.62. The molecule has 1 fully saturated rings. The smallest absolute Gasteiger partial charge is 0.337 e. The summed E-state index contributed by atoms with van der Waals surface area (Å²) >= 11 is 0. The first-order valence-electron chi connectivity index (χ1n) is 5.91. The molecule has 0 aliphatic heterocycles. The van der Waals surface area contributed by atoms with Crippen LogP contribution in [0.1, 0.15) is 40.4 Å². The lowest BCUT2D eigenvalue weighted by Crippen LogP contribution is -2.05. The molecule has 0 spiro atoms. The maximum atomic E-state index is 10.8. The molecule has 1 aliphatic rings. The Morgan fingerprint density at radius 3 is 2.89 bits per heavy atom. The number of hydrogen-bond acceptors (Lipinski definition) is 3. The molecule has 5 nitrogen and oxygen atoms in total. The second-order valence-electron chi connectivity index (χ2n) is 4.63. The molecule has 0 aromatic carbocycles. The molecule has 0 amide bonds. The van der Waals surface area contributed by atoms with Gasteiger partial charge in [0.2, 0.25) is 0 Å².